The molecule has 0 amide bonds. The number of nitrogens with zero attached hydrogens (tertiary/aromatic N) is 1. The molecular formula is C15H15ClN2O4S2. The molecule has 1 atom stereocenters. The van der Waals surface area contributed by atoms with Crippen LogP contribution in [0.5, 0.6) is 0 Å². The minimum Gasteiger partial charge on any atom is -0.263 e. The molecule has 2 aromatic carbocycles. The van der Waals surface area contributed by atoms with Gasteiger partial charge in [0.15, 0.2) is 0 Å². The molecular weight excluding hydrogens is 372 g/mol. The van der Waals surface area contributed by atoms with Crippen LogP contribution in [0.4, 0.5) is 5.69 Å². The Morgan fingerprint density at radius 3 is 2.21 bits per heavy atom. The smallest absolute Gasteiger partial charge is 0.263 e. The second kappa shape index (κ2) is 5.73. The molecule has 0 radical (unpaired) electrons. The van der Waals surface area contributed by atoms with E-state index < -0.39 is 20.0 Å². The molecule has 0 aromatic heterocycles. The molecule has 1 aliphatic heterocycles. The molecule has 3 rings (SSSR count). The van der Waals surface area contributed by atoms with Crippen LogP contribution in [0.25, 0.3) is 0 Å². The van der Waals surface area contributed by atoms with Crippen molar-refractivity contribution < 1.29 is 16.8 Å². The molecule has 0 fully saturated rings. The SMILES string of the molecule is C[C@H]1Cc2cc(S(N)(=O)=O)ccc2N1S(=O)(=O)c1ccc(Cl)cc1. The number of hydrogen-bond donors (Lipinski definition) is 1. The van der Waals surface area contributed by atoms with Crippen LogP contribution < -0.4 is 9.44 Å². The average Bonchev–Trinajstić information content (AvgIpc) is 2.82. The van der Waals surface area contributed by atoms with E-state index in [1.165, 1.54) is 46.8 Å². The Balaban J connectivity index is 2.10. The van der Waals surface area contributed by atoms with E-state index in [9.17, 15) is 16.8 Å². The molecule has 0 aliphatic carbocycles. The van der Waals surface area contributed by atoms with Crippen molar-refractivity contribution in [2.75, 3.05) is 4.31 Å². The zero-order valence-electron chi connectivity index (χ0n) is 12.7. The molecule has 2 N–H and O–H groups in total. The van der Waals surface area contributed by atoms with Gasteiger partial charge >= 0.3 is 0 Å². The highest BCUT2D eigenvalue weighted by Gasteiger charge is 2.36. The first-order chi connectivity index (χ1) is 11.1. The second-order valence-electron chi connectivity index (χ2n) is 5.64. The summed E-state index contributed by atoms with van der Waals surface area (Å²) in [6, 6.07) is 9.81. The van der Waals surface area contributed by atoms with Crippen LogP contribution >= 0.6 is 11.6 Å². The van der Waals surface area contributed by atoms with E-state index in [2.05, 4.69) is 0 Å². The van der Waals surface area contributed by atoms with Gasteiger partial charge in [0.25, 0.3) is 10.0 Å². The van der Waals surface area contributed by atoms with Crippen LogP contribution in [-0.4, -0.2) is 22.9 Å². The van der Waals surface area contributed by atoms with Crippen molar-refractivity contribution in [3.63, 3.8) is 0 Å². The topological polar surface area (TPSA) is 97.5 Å². The first-order valence-electron chi connectivity index (χ1n) is 7.06. The number of primary sulfonamides is 1. The quantitative estimate of drug-likeness (QED) is 0.873. The van der Waals surface area contributed by atoms with Crippen molar-refractivity contribution >= 4 is 37.3 Å². The molecule has 24 heavy (non-hydrogen) atoms. The van der Waals surface area contributed by atoms with Gasteiger partial charge < -0.3 is 0 Å². The maximum absolute atomic E-state index is 12.9. The average molecular weight is 387 g/mol. The highest BCUT2D eigenvalue weighted by atomic mass is 35.5. The molecule has 0 bridgehead atoms. The third kappa shape index (κ3) is 2.90. The van der Waals surface area contributed by atoms with Gasteiger partial charge in [0.05, 0.1) is 15.5 Å². The monoisotopic (exact) mass is 386 g/mol. The Kier molecular flexibility index (Phi) is 4.11. The highest BCUT2D eigenvalue weighted by Crippen LogP contribution is 2.37. The summed E-state index contributed by atoms with van der Waals surface area (Å²) in [6.07, 6.45) is 0.408. The molecule has 0 unspecified atom stereocenters. The largest absolute Gasteiger partial charge is 0.264 e. The molecule has 0 saturated heterocycles. The third-order valence-corrected chi connectivity index (χ3v) is 7.01. The lowest BCUT2D eigenvalue weighted by atomic mass is 10.1. The van der Waals surface area contributed by atoms with E-state index in [4.69, 9.17) is 16.7 Å². The van der Waals surface area contributed by atoms with Gasteiger partial charge in [-0.3, -0.25) is 4.31 Å². The predicted octanol–water partition coefficient (Wildman–Crippen LogP) is 2.13. The Hall–Kier alpha value is -1.61. The van der Waals surface area contributed by atoms with Gasteiger partial charge in [-0.15, -0.1) is 0 Å². The highest BCUT2D eigenvalue weighted by molar-refractivity contribution is 7.93. The summed E-state index contributed by atoms with van der Waals surface area (Å²) in [5, 5.41) is 5.58. The maximum atomic E-state index is 12.9. The molecule has 0 spiro atoms. The van der Waals surface area contributed by atoms with Crippen LogP contribution in [-0.2, 0) is 26.5 Å². The standard InChI is InChI=1S/C15H15ClN2O4S2/c1-10-8-11-9-14(23(17,19)20)6-7-15(11)18(10)24(21,22)13-4-2-12(16)3-5-13/h2-7,9-10H,8H2,1H3,(H2,17,19,20)/t10-/m0/s1. The van der Waals surface area contributed by atoms with Crippen molar-refractivity contribution in [3.05, 3.63) is 53.1 Å². The summed E-state index contributed by atoms with van der Waals surface area (Å²) in [5.41, 5.74) is 1.09. The summed E-state index contributed by atoms with van der Waals surface area (Å²) in [5.74, 6) is 0. The van der Waals surface area contributed by atoms with Crippen molar-refractivity contribution in [1.29, 1.82) is 0 Å². The fraction of sp³-hybridized carbons (Fsp3) is 0.200. The molecule has 9 heteroatoms. The van der Waals surface area contributed by atoms with Crippen molar-refractivity contribution in [1.82, 2.24) is 0 Å². The maximum Gasteiger partial charge on any atom is 0.264 e. The minimum atomic E-state index is -3.83. The summed E-state index contributed by atoms with van der Waals surface area (Å²) in [4.78, 5) is 0.0984. The summed E-state index contributed by atoms with van der Waals surface area (Å²) < 4.78 is 50.1. The van der Waals surface area contributed by atoms with Gasteiger partial charge in [-0.1, -0.05) is 11.6 Å². The lowest BCUT2D eigenvalue weighted by molar-refractivity contribution is 0.584. The van der Waals surface area contributed by atoms with Gasteiger partial charge in [0.1, 0.15) is 0 Å². The first kappa shape index (κ1) is 17.2. The third-order valence-electron chi connectivity index (χ3n) is 3.90. The number of sulfonamides is 2. The zero-order chi connectivity index (χ0) is 17.7. The van der Waals surface area contributed by atoms with Gasteiger partial charge in [0, 0.05) is 11.1 Å². The Morgan fingerprint density at radius 1 is 1.04 bits per heavy atom. The first-order valence-corrected chi connectivity index (χ1v) is 10.4. The van der Waals surface area contributed by atoms with E-state index in [0.717, 1.165) is 0 Å². The molecule has 2 aromatic rings. The van der Waals surface area contributed by atoms with Crippen LogP contribution in [0.15, 0.2) is 52.3 Å². The number of anilines is 1. The van der Waals surface area contributed by atoms with Crippen LogP contribution in [0.1, 0.15) is 12.5 Å². The Labute approximate surface area is 146 Å². The normalized spacial score (nSPS) is 17.8. The van der Waals surface area contributed by atoms with Gasteiger partial charge in [-0.05, 0) is 61.4 Å². The van der Waals surface area contributed by atoms with Gasteiger partial charge in [-0.2, -0.15) is 0 Å². The number of benzene rings is 2. The molecule has 0 saturated carbocycles. The van der Waals surface area contributed by atoms with E-state index in [1.54, 1.807) is 6.92 Å². The Morgan fingerprint density at radius 2 is 1.62 bits per heavy atom. The van der Waals surface area contributed by atoms with E-state index in [0.29, 0.717) is 22.7 Å². The lowest BCUT2D eigenvalue weighted by Crippen LogP contribution is -2.35. The summed E-state index contributed by atoms with van der Waals surface area (Å²) >= 11 is 5.81. The van der Waals surface area contributed by atoms with E-state index >= 15 is 0 Å². The van der Waals surface area contributed by atoms with Gasteiger partial charge in [-0.25, -0.2) is 22.0 Å². The molecule has 1 aliphatic rings. The number of nitrogens with two attached hydrogens (primary N) is 1. The predicted molar refractivity (Wildman–Crippen MR) is 92.1 cm³/mol. The van der Waals surface area contributed by atoms with E-state index in [1.807, 2.05) is 0 Å². The van der Waals surface area contributed by atoms with Crippen molar-refractivity contribution in [2.45, 2.75) is 29.2 Å². The second-order valence-corrected chi connectivity index (χ2v) is 9.46. The number of halogens is 1. The fourth-order valence-corrected chi connectivity index (χ4v) is 5.23. The molecule has 6 nitrogen and oxygen atoms in total. The summed E-state index contributed by atoms with van der Waals surface area (Å²) in [7, 11) is -7.61. The van der Waals surface area contributed by atoms with Crippen molar-refractivity contribution in [3.8, 4) is 0 Å². The number of hydrogen-bond acceptors (Lipinski definition) is 4. The fourth-order valence-electron chi connectivity index (χ4n) is 2.84. The summed E-state index contributed by atoms with van der Waals surface area (Å²) in [6.45, 7) is 1.77. The van der Waals surface area contributed by atoms with Gasteiger partial charge in [0.2, 0.25) is 10.0 Å². The van der Waals surface area contributed by atoms with Crippen LogP contribution in [0.3, 0.4) is 0 Å². The Bertz CT molecular complexity index is 1000. The number of fused-ring (bicyclic) bond motifs is 1. The zero-order valence-corrected chi connectivity index (χ0v) is 15.1. The number of rotatable bonds is 3. The van der Waals surface area contributed by atoms with Crippen LogP contribution in [0, 0.1) is 0 Å². The lowest BCUT2D eigenvalue weighted by Gasteiger charge is -2.24. The molecule has 1 heterocycles. The van der Waals surface area contributed by atoms with E-state index in [-0.39, 0.29) is 15.8 Å². The van der Waals surface area contributed by atoms with Crippen LogP contribution in [0.2, 0.25) is 5.02 Å². The van der Waals surface area contributed by atoms with Crippen molar-refractivity contribution in [2.24, 2.45) is 5.14 Å². The minimum absolute atomic E-state index is 0.0285. The molecule has 128 valence electrons.